The molecule has 2 heterocycles. The summed E-state index contributed by atoms with van der Waals surface area (Å²) >= 11 is 3.09. The van der Waals surface area contributed by atoms with Crippen LogP contribution in [0, 0.1) is 6.92 Å². The summed E-state index contributed by atoms with van der Waals surface area (Å²) in [7, 11) is 0. The fraction of sp³-hybridized carbons (Fsp3) is 0.500. The van der Waals surface area contributed by atoms with Gasteiger partial charge < -0.3 is 25.6 Å². The van der Waals surface area contributed by atoms with E-state index in [4.69, 9.17) is 10.5 Å². The van der Waals surface area contributed by atoms with Gasteiger partial charge in [0, 0.05) is 38.1 Å². The van der Waals surface area contributed by atoms with Crippen molar-refractivity contribution < 1.29 is 14.3 Å². The topological polar surface area (TPSA) is 113 Å². The van der Waals surface area contributed by atoms with Gasteiger partial charge in [-0.1, -0.05) is 38.3 Å². The Morgan fingerprint density at radius 1 is 1.23 bits per heavy atom. The molecule has 2 amide bonds. The molecule has 2 rings (SSSR count). The highest BCUT2D eigenvalue weighted by atomic mass is 32.2. The number of nitrogens with one attached hydrogen (secondary N) is 1. The highest BCUT2D eigenvalue weighted by Gasteiger charge is 2.25. The molecule has 0 aromatic carbocycles. The molecule has 0 atom stereocenters. The van der Waals surface area contributed by atoms with Crippen LogP contribution < -0.4 is 11.1 Å². The second-order valence-corrected chi connectivity index (χ2v) is 11.5. The van der Waals surface area contributed by atoms with Crippen LogP contribution in [-0.2, 0) is 9.53 Å². The number of ether oxygens (including phenoxy) is 1. The number of rotatable bonds is 9. The number of hydrogen-bond donors (Lipinski definition) is 2. The first-order valence-corrected chi connectivity index (χ1v) is 14.6. The summed E-state index contributed by atoms with van der Waals surface area (Å²) in [5.74, 6) is 1.53. The lowest BCUT2D eigenvalue weighted by atomic mass is 10.2. The van der Waals surface area contributed by atoms with Crippen molar-refractivity contribution in [3.8, 4) is 0 Å². The first kappa shape index (κ1) is 36.1. The second-order valence-electron chi connectivity index (χ2n) is 9.29. The number of hydrogen-bond acceptors (Lipinski definition) is 9. The quantitative estimate of drug-likeness (QED) is 0.117. The number of nitrogens with two attached hydrogens (primary N) is 1. The third kappa shape index (κ3) is 15.9. The van der Waals surface area contributed by atoms with Crippen LogP contribution in [0.15, 0.2) is 56.5 Å². The van der Waals surface area contributed by atoms with Crippen molar-refractivity contribution >= 4 is 48.6 Å². The number of aliphatic imine (C=N–C) groups is 1. The predicted molar refractivity (Wildman–Crippen MR) is 169 cm³/mol. The van der Waals surface area contributed by atoms with Crippen LogP contribution in [0.25, 0.3) is 0 Å². The summed E-state index contributed by atoms with van der Waals surface area (Å²) in [4.78, 5) is 35.6. The lowest BCUT2D eigenvalue weighted by Crippen LogP contribution is -2.49. The molecule has 218 valence electrons. The smallest absolute Gasteiger partial charge is 0.410 e. The molecule has 0 saturated carbocycles. The maximum Gasteiger partial charge on any atom is 0.410 e. The third-order valence-electron chi connectivity index (χ3n) is 4.60. The SMILES string of the molecule is C=NC(=C\SCNc1ccc(C)cn1)/C(SC(=C)C)=C(\C)N.CC.CC(C)(C)OC(=O)N1CCN(C=O)CC1. The average Bonchev–Trinajstić information content (AvgIpc) is 2.89. The fourth-order valence-electron chi connectivity index (χ4n) is 2.82. The molecule has 1 saturated heterocycles. The van der Waals surface area contributed by atoms with Gasteiger partial charge >= 0.3 is 6.09 Å². The number of aromatic nitrogens is 1. The van der Waals surface area contributed by atoms with Gasteiger partial charge in [-0.15, -0.1) is 11.8 Å². The Morgan fingerprint density at radius 2 is 1.85 bits per heavy atom. The number of pyridine rings is 1. The van der Waals surface area contributed by atoms with Crippen LogP contribution in [0.4, 0.5) is 10.6 Å². The molecule has 1 aromatic heterocycles. The number of nitrogens with zero attached hydrogens (tertiary/aromatic N) is 4. The van der Waals surface area contributed by atoms with E-state index in [2.05, 4.69) is 28.6 Å². The molecular formula is C28H46N6O3S2. The van der Waals surface area contributed by atoms with Crippen molar-refractivity contribution in [2.24, 2.45) is 10.7 Å². The molecule has 0 bridgehead atoms. The summed E-state index contributed by atoms with van der Waals surface area (Å²) in [6.07, 6.45) is 2.35. The summed E-state index contributed by atoms with van der Waals surface area (Å²) < 4.78 is 5.23. The minimum absolute atomic E-state index is 0.298. The Kier molecular flexibility index (Phi) is 17.8. The molecule has 0 spiro atoms. The van der Waals surface area contributed by atoms with E-state index >= 15 is 0 Å². The molecule has 3 N–H and O–H groups in total. The number of anilines is 1. The lowest BCUT2D eigenvalue weighted by molar-refractivity contribution is -0.119. The summed E-state index contributed by atoms with van der Waals surface area (Å²) in [5.41, 5.74) is 8.08. The number of allylic oxidation sites excluding steroid dienone is 2. The number of piperazine rings is 1. The standard InChI is InChI=1S/C16H22N4S2.C10H18N2O3.C2H6/c1-11(2)22-16(13(4)17)14(18-5)9-21-10-20-15-7-6-12(3)8-19-15;1-10(2,3)15-9(14)12-6-4-11(8-13)5-7-12;1-2/h6-9H,1,5,10,17H2,2-4H3,(H,19,20);8H,4-7H2,1-3H3;1-2H3/b14-9-,16-13-;;. The average molecular weight is 579 g/mol. The number of carbonyl (C=O) groups excluding carboxylic acids is 2. The van der Waals surface area contributed by atoms with Gasteiger partial charge in [-0.25, -0.2) is 9.78 Å². The van der Waals surface area contributed by atoms with E-state index in [0.29, 0.717) is 37.8 Å². The monoisotopic (exact) mass is 578 g/mol. The predicted octanol–water partition coefficient (Wildman–Crippen LogP) is 6.21. The zero-order valence-corrected chi connectivity index (χ0v) is 26.4. The highest BCUT2D eigenvalue weighted by molar-refractivity contribution is 8.07. The van der Waals surface area contributed by atoms with Gasteiger partial charge in [0.15, 0.2) is 0 Å². The highest BCUT2D eigenvalue weighted by Crippen LogP contribution is 2.32. The number of amides is 2. The Balaban J connectivity index is 0.000000740. The molecule has 0 aliphatic carbocycles. The minimum atomic E-state index is -0.459. The summed E-state index contributed by atoms with van der Waals surface area (Å²) in [5, 5.41) is 5.17. The molecular weight excluding hydrogens is 532 g/mol. The van der Waals surface area contributed by atoms with Crippen molar-refractivity contribution in [2.75, 3.05) is 37.4 Å². The van der Waals surface area contributed by atoms with Gasteiger partial charge in [0.2, 0.25) is 6.41 Å². The Bertz CT molecular complexity index is 976. The normalized spacial score (nSPS) is 14.0. The second kappa shape index (κ2) is 19.2. The largest absolute Gasteiger partial charge is 0.444 e. The van der Waals surface area contributed by atoms with Gasteiger partial charge in [-0.2, -0.15) is 0 Å². The molecule has 9 nitrogen and oxygen atoms in total. The van der Waals surface area contributed by atoms with E-state index in [1.165, 1.54) is 11.8 Å². The number of aryl methyl sites for hydroxylation is 1. The molecule has 1 fully saturated rings. The van der Waals surface area contributed by atoms with Crippen LogP contribution in [0.3, 0.4) is 0 Å². The van der Waals surface area contributed by atoms with E-state index in [1.807, 2.05) is 79.1 Å². The van der Waals surface area contributed by atoms with Crippen molar-refractivity contribution in [2.45, 2.75) is 61.0 Å². The van der Waals surface area contributed by atoms with E-state index < -0.39 is 5.60 Å². The van der Waals surface area contributed by atoms with Gasteiger partial charge in [-0.05, 0) is 70.2 Å². The maximum atomic E-state index is 11.6. The lowest BCUT2D eigenvalue weighted by Gasteiger charge is -2.33. The molecule has 1 aliphatic rings. The van der Waals surface area contributed by atoms with E-state index in [9.17, 15) is 9.59 Å². The molecule has 1 aliphatic heterocycles. The first-order chi connectivity index (χ1) is 18.4. The Morgan fingerprint density at radius 3 is 2.28 bits per heavy atom. The van der Waals surface area contributed by atoms with Crippen molar-refractivity contribution in [3.05, 3.63) is 57.1 Å². The van der Waals surface area contributed by atoms with Crippen LogP contribution in [0.5, 0.6) is 0 Å². The summed E-state index contributed by atoms with van der Waals surface area (Å²) in [6.45, 7) is 25.1. The number of carbonyl (C=O) groups is 2. The van der Waals surface area contributed by atoms with E-state index in [0.717, 1.165) is 33.3 Å². The Hall–Kier alpha value is -2.92. The van der Waals surface area contributed by atoms with Gasteiger partial charge in [0.25, 0.3) is 0 Å². The van der Waals surface area contributed by atoms with Crippen LogP contribution in [-0.4, -0.2) is 71.7 Å². The number of thioether (sulfide) groups is 2. The van der Waals surface area contributed by atoms with Crippen LogP contribution in [0.2, 0.25) is 0 Å². The van der Waals surface area contributed by atoms with E-state index in [1.54, 1.807) is 21.6 Å². The third-order valence-corrected chi connectivity index (χ3v) is 6.38. The van der Waals surface area contributed by atoms with Crippen LogP contribution >= 0.6 is 23.5 Å². The van der Waals surface area contributed by atoms with Crippen molar-refractivity contribution in [3.63, 3.8) is 0 Å². The zero-order chi connectivity index (χ0) is 30.0. The molecule has 39 heavy (non-hydrogen) atoms. The molecule has 0 radical (unpaired) electrons. The van der Waals surface area contributed by atoms with Gasteiger partial charge in [-0.3, -0.25) is 9.79 Å². The van der Waals surface area contributed by atoms with Crippen molar-refractivity contribution in [1.82, 2.24) is 14.8 Å². The first-order valence-electron chi connectivity index (χ1n) is 12.8. The van der Waals surface area contributed by atoms with Gasteiger partial charge in [0.05, 0.1) is 16.5 Å². The summed E-state index contributed by atoms with van der Waals surface area (Å²) in [6, 6.07) is 3.98. The van der Waals surface area contributed by atoms with Gasteiger partial charge in [0.1, 0.15) is 11.4 Å². The zero-order valence-electron chi connectivity index (χ0n) is 24.7. The minimum Gasteiger partial charge on any atom is -0.444 e. The fourth-order valence-corrected chi connectivity index (χ4v) is 4.29. The maximum absolute atomic E-state index is 11.6. The Labute approximate surface area is 243 Å². The van der Waals surface area contributed by atoms with E-state index in [-0.39, 0.29) is 6.09 Å². The molecule has 0 unspecified atom stereocenters. The molecule has 1 aromatic rings. The van der Waals surface area contributed by atoms with Crippen molar-refractivity contribution in [1.29, 1.82) is 0 Å². The van der Waals surface area contributed by atoms with Crippen LogP contribution in [0.1, 0.15) is 54.0 Å². The molecule has 11 heteroatoms.